The van der Waals surface area contributed by atoms with Gasteiger partial charge in [-0.1, -0.05) is 23.7 Å². The fourth-order valence-corrected chi connectivity index (χ4v) is 3.49. The first-order valence-electron chi connectivity index (χ1n) is 8.55. The first-order chi connectivity index (χ1) is 14.3. The Morgan fingerprint density at radius 2 is 1.90 bits per heavy atom. The molecule has 0 aliphatic rings. The normalized spacial score (nSPS) is 11.1. The molecule has 0 aliphatic carbocycles. The van der Waals surface area contributed by atoms with Crippen LogP contribution in [0.3, 0.4) is 0 Å². The van der Waals surface area contributed by atoms with E-state index in [1.807, 2.05) is 6.07 Å². The summed E-state index contributed by atoms with van der Waals surface area (Å²) in [5, 5.41) is 9.61. The van der Waals surface area contributed by atoms with E-state index in [0.29, 0.717) is 20.6 Å². The van der Waals surface area contributed by atoms with E-state index < -0.39 is 11.6 Å². The quantitative estimate of drug-likeness (QED) is 0.259. The van der Waals surface area contributed by atoms with Crippen LogP contribution in [0.1, 0.15) is 22.2 Å². The van der Waals surface area contributed by atoms with Gasteiger partial charge in [-0.15, -0.1) is 11.3 Å². The van der Waals surface area contributed by atoms with Crippen molar-refractivity contribution in [3.8, 4) is 0 Å². The molecular weight excluding hydrogens is 450 g/mol. The SMILES string of the molecule is C/C(=N/NC(=S)Nc1ccc(F)cc1F)c1cccc(NC(=O)c2ccc(Cl)s2)c1. The Bertz CT molecular complexity index is 1130. The summed E-state index contributed by atoms with van der Waals surface area (Å²) in [6, 6.07) is 13.5. The fraction of sp³-hybridized carbons (Fsp3) is 0.0500. The number of nitrogens with zero attached hydrogens (tertiary/aromatic N) is 1. The van der Waals surface area contributed by atoms with Crippen molar-refractivity contribution in [1.29, 1.82) is 0 Å². The third-order valence-corrected chi connectivity index (χ3v) is 5.26. The molecule has 5 nitrogen and oxygen atoms in total. The van der Waals surface area contributed by atoms with Crippen LogP contribution < -0.4 is 16.1 Å². The molecule has 0 radical (unpaired) electrons. The second-order valence-corrected chi connectivity index (χ2v) is 8.15. The van der Waals surface area contributed by atoms with Crippen molar-refractivity contribution < 1.29 is 13.6 Å². The van der Waals surface area contributed by atoms with Gasteiger partial charge < -0.3 is 10.6 Å². The lowest BCUT2D eigenvalue weighted by Crippen LogP contribution is -2.25. The molecule has 0 spiro atoms. The van der Waals surface area contributed by atoms with Gasteiger partial charge in [0.2, 0.25) is 0 Å². The largest absolute Gasteiger partial charge is 0.329 e. The van der Waals surface area contributed by atoms with Crippen LogP contribution in [0.15, 0.2) is 59.7 Å². The molecule has 1 aromatic heterocycles. The molecule has 1 heterocycles. The molecule has 0 saturated carbocycles. The Labute approximate surface area is 185 Å². The molecule has 3 aromatic rings. The molecule has 30 heavy (non-hydrogen) atoms. The molecule has 0 unspecified atom stereocenters. The van der Waals surface area contributed by atoms with Gasteiger partial charge in [-0.25, -0.2) is 8.78 Å². The highest BCUT2D eigenvalue weighted by Crippen LogP contribution is 2.22. The van der Waals surface area contributed by atoms with Gasteiger partial charge in [0.15, 0.2) is 5.11 Å². The molecule has 10 heteroatoms. The van der Waals surface area contributed by atoms with Crippen molar-refractivity contribution in [2.45, 2.75) is 6.92 Å². The number of anilines is 2. The van der Waals surface area contributed by atoms with Gasteiger partial charge in [0.1, 0.15) is 11.6 Å². The molecule has 3 rings (SSSR count). The first-order valence-corrected chi connectivity index (χ1v) is 10.2. The summed E-state index contributed by atoms with van der Waals surface area (Å²) in [6.07, 6.45) is 0. The van der Waals surface area contributed by atoms with Crippen molar-refractivity contribution in [2.75, 3.05) is 10.6 Å². The molecular formula is C20H15ClF2N4OS2. The lowest BCUT2D eigenvalue weighted by atomic mass is 10.1. The van der Waals surface area contributed by atoms with Crippen molar-refractivity contribution in [1.82, 2.24) is 5.43 Å². The van der Waals surface area contributed by atoms with E-state index in [2.05, 4.69) is 21.2 Å². The average Bonchev–Trinajstić information content (AvgIpc) is 3.15. The molecule has 0 fully saturated rings. The van der Waals surface area contributed by atoms with Crippen LogP contribution in [0.5, 0.6) is 0 Å². The highest BCUT2D eigenvalue weighted by atomic mass is 35.5. The van der Waals surface area contributed by atoms with Gasteiger partial charge in [0.05, 0.1) is 20.6 Å². The fourth-order valence-electron chi connectivity index (χ4n) is 2.39. The Balaban J connectivity index is 1.63. The highest BCUT2D eigenvalue weighted by molar-refractivity contribution is 7.80. The van der Waals surface area contributed by atoms with Crippen molar-refractivity contribution >= 4 is 63.3 Å². The summed E-state index contributed by atoms with van der Waals surface area (Å²) in [7, 11) is 0. The molecule has 0 atom stereocenters. The summed E-state index contributed by atoms with van der Waals surface area (Å²) in [4.78, 5) is 12.8. The molecule has 0 bridgehead atoms. The lowest BCUT2D eigenvalue weighted by molar-refractivity contribution is 0.103. The highest BCUT2D eigenvalue weighted by Gasteiger charge is 2.10. The van der Waals surface area contributed by atoms with E-state index in [1.54, 1.807) is 37.3 Å². The predicted molar refractivity (Wildman–Crippen MR) is 122 cm³/mol. The van der Waals surface area contributed by atoms with Crippen molar-refractivity contribution in [2.24, 2.45) is 5.10 Å². The molecule has 2 aromatic carbocycles. The number of hydrogen-bond donors (Lipinski definition) is 3. The summed E-state index contributed by atoms with van der Waals surface area (Å²) in [5.41, 5.74) is 4.54. The Morgan fingerprint density at radius 3 is 2.60 bits per heavy atom. The maximum Gasteiger partial charge on any atom is 0.265 e. The molecule has 0 saturated heterocycles. The van der Waals surface area contributed by atoms with Crippen LogP contribution in [-0.4, -0.2) is 16.7 Å². The second-order valence-electron chi connectivity index (χ2n) is 6.03. The zero-order valence-electron chi connectivity index (χ0n) is 15.5. The molecule has 154 valence electrons. The number of carbonyl (C=O) groups is 1. The number of carbonyl (C=O) groups excluding carboxylic acids is 1. The van der Waals surface area contributed by atoms with Crippen LogP contribution >= 0.6 is 35.2 Å². The second kappa shape index (κ2) is 9.75. The van der Waals surface area contributed by atoms with Crippen LogP contribution in [0.25, 0.3) is 0 Å². The zero-order valence-corrected chi connectivity index (χ0v) is 17.9. The first kappa shape index (κ1) is 21.8. The van der Waals surface area contributed by atoms with Crippen LogP contribution in [0.4, 0.5) is 20.2 Å². The van der Waals surface area contributed by atoms with Gasteiger partial charge in [0, 0.05) is 11.8 Å². The van der Waals surface area contributed by atoms with Crippen LogP contribution in [0.2, 0.25) is 4.34 Å². The summed E-state index contributed by atoms with van der Waals surface area (Å²) >= 11 is 12.1. The molecule has 0 aliphatic heterocycles. The van der Waals surface area contributed by atoms with Crippen LogP contribution in [-0.2, 0) is 0 Å². The van der Waals surface area contributed by atoms with E-state index in [-0.39, 0.29) is 16.7 Å². The van der Waals surface area contributed by atoms with E-state index in [4.69, 9.17) is 23.8 Å². The van der Waals surface area contributed by atoms with Crippen LogP contribution in [0, 0.1) is 11.6 Å². The monoisotopic (exact) mass is 464 g/mol. The van der Waals surface area contributed by atoms with E-state index in [9.17, 15) is 13.6 Å². The number of halogens is 3. The maximum absolute atomic E-state index is 13.7. The Hall–Kier alpha value is -2.88. The molecule has 1 amide bonds. The number of thiophene rings is 1. The number of nitrogens with one attached hydrogen (secondary N) is 3. The lowest BCUT2D eigenvalue weighted by Gasteiger charge is -2.10. The molecule has 3 N–H and O–H groups in total. The number of hydrogen-bond acceptors (Lipinski definition) is 4. The van der Waals surface area contributed by atoms with Gasteiger partial charge in [-0.2, -0.15) is 5.10 Å². The Kier molecular flexibility index (Phi) is 7.09. The van der Waals surface area contributed by atoms with E-state index in [0.717, 1.165) is 17.7 Å². The minimum atomic E-state index is -0.768. The van der Waals surface area contributed by atoms with Gasteiger partial charge in [-0.3, -0.25) is 10.2 Å². The average molecular weight is 465 g/mol. The maximum atomic E-state index is 13.7. The predicted octanol–water partition coefficient (Wildman–Crippen LogP) is 5.64. The summed E-state index contributed by atoms with van der Waals surface area (Å²) in [5.74, 6) is -1.71. The Morgan fingerprint density at radius 1 is 1.10 bits per heavy atom. The van der Waals surface area contributed by atoms with Crippen molar-refractivity contribution in [3.63, 3.8) is 0 Å². The summed E-state index contributed by atoms with van der Waals surface area (Å²) in [6.45, 7) is 1.74. The van der Waals surface area contributed by atoms with Crippen molar-refractivity contribution in [3.05, 3.63) is 81.0 Å². The van der Waals surface area contributed by atoms with E-state index >= 15 is 0 Å². The number of amides is 1. The topological polar surface area (TPSA) is 65.5 Å². The smallest absolute Gasteiger partial charge is 0.265 e. The third-order valence-electron chi connectivity index (χ3n) is 3.84. The number of rotatable bonds is 5. The summed E-state index contributed by atoms with van der Waals surface area (Å²) < 4.78 is 27.2. The standard InChI is InChI=1S/C20H15ClF2N4OS2/c1-11(26-27-20(29)25-16-6-5-13(22)10-15(16)23)12-3-2-4-14(9-12)24-19(28)17-7-8-18(21)30-17/h2-10H,1H3,(H,24,28)(H2,25,27,29)/b26-11-. The minimum absolute atomic E-state index is 0.0279. The third kappa shape index (κ3) is 5.82. The number of thiocarbonyl (C=S) groups is 1. The number of hydrazone groups is 1. The number of benzene rings is 2. The van der Waals surface area contributed by atoms with Gasteiger partial charge >= 0.3 is 0 Å². The minimum Gasteiger partial charge on any atom is -0.329 e. The zero-order chi connectivity index (χ0) is 21.7. The van der Waals surface area contributed by atoms with Gasteiger partial charge in [0.25, 0.3) is 5.91 Å². The van der Waals surface area contributed by atoms with Gasteiger partial charge in [-0.05, 0) is 61.1 Å². The van der Waals surface area contributed by atoms with E-state index in [1.165, 1.54) is 17.4 Å².